The van der Waals surface area contributed by atoms with Crippen LogP contribution in [0, 0.1) is 23.7 Å². The van der Waals surface area contributed by atoms with Gasteiger partial charge < -0.3 is 14.7 Å². The molecule has 0 aliphatic heterocycles. The Hall–Kier alpha value is -1.45. The largest absolute Gasteiger partial charge is 0.478 e. The topological polar surface area (TPSA) is 71.4 Å². The molecule has 1 rings (SSSR count). The summed E-state index contributed by atoms with van der Waals surface area (Å²) < 4.78 is 0. The van der Waals surface area contributed by atoms with E-state index >= 15 is 0 Å². The summed E-state index contributed by atoms with van der Waals surface area (Å²) in [6.45, 7) is 7.21. The van der Waals surface area contributed by atoms with Crippen LogP contribution in [-0.4, -0.2) is 23.1 Å². The van der Waals surface area contributed by atoms with E-state index in [4.69, 9.17) is 5.11 Å². The van der Waals surface area contributed by atoms with E-state index in [1.54, 1.807) is 0 Å². The lowest BCUT2D eigenvalue weighted by atomic mass is 9.64. The van der Waals surface area contributed by atoms with Crippen molar-refractivity contribution >= 4 is 18.0 Å². The van der Waals surface area contributed by atoms with Crippen LogP contribution in [0.15, 0.2) is 12.2 Å². The number of carboxylic acid groups (broad SMARTS) is 1. The number of aldehydes is 1. The molecular weight excluding hydrogens is 244 g/mol. The van der Waals surface area contributed by atoms with Gasteiger partial charge in [-0.15, -0.1) is 0 Å². The van der Waals surface area contributed by atoms with Gasteiger partial charge in [0.25, 0.3) is 0 Å². The maximum Gasteiger partial charge on any atom is 0.331 e. The number of hydrogen-bond donors (Lipinski definition) is 1. The number of carbonyl (C=O) groups is 3. The molecule has 0 aromatic carbocycles. The van der Waals surface area contributed by atoms with E-state index in [-0.39, 0.29) is 29.1 Å². The minimum atomic E-state index is -1.03. The lowest BCUT2D eigenvalue weighted by Crippen LogP contribution is -2.37. The van der Waals surface area contributed by atoms with Crippen molar-refractivity contribution in [1.82, 2.24) is 0 Å². The summed E-state index contributed by atoms with van der Waals surface area (Å²) in [5.41, 5.74) is 0.122. The maximum absolute atomic E-state index is 11.4. The normalized spacial score (nSPS) is 30.6. The highest BCUT2D eigenvalue weighted by Gasteiger charge is 2.39. The van der Waals surface area contributed by atoms with Crippen molar-refractivity contribution in [1.29, 1.82) is 0 Å². The van der Waals surface area contributed by atoms with E-state index in [0.717, 1.165) is 12.7 Å². The molecule has 0 amide bonds. The lowest BCUT2D eigenvalue weighted by Gasteiger charge is -2.39. The van der Waals surface area contributed by atoms with Crippen LogP contribution in [0.4, 0.5) is 0 Å². The van der Waals surface area contributed by atoms with Gasteiger partial charge in [-0.25, -0.2) is 4.79 Å². The van der Waals surface area contributed by atoms with Crippen LogP contribution in [0.1, 0.15) is 39.5 Å². The smallest absolute Gasteiger partial charge is 0.331 e. The Morgan fingerprint density at radius 1 is 1.37 bits per heavy atom. The highest BCUT2D eigenvalue weighted by molar-refractivity contribution is 5.87. The summed E-state index contributed by atoms with van der Waals surface area (Å²) in [5, 5.41) is 9.05. The molecule has 0 unspecified atom stereocenters. The van der Waals surface area contributed by atoms with Crippen LogP contribution in [-0.2, 0) is 14.4 Å². The zero-order chi connectivity index (χ0) is 14.6. The molecule has 1 fully saturated rings. The molecule has 4 atom stereocenters. The first-order valence-corrected chi connectivity index (χ1v) is 6.75. The number of hydrogen-bond acceptors (Lipinski definition) is 3. The summed E-state index contributed by atoms with van der Waals surface area (Å²) in [6.07, 6.45) is 3.53. The van der Waals surface area contributed by atoms with Crippen molar-refractivity contribution in [2.45, 2.75) is 39.5 Å². The monoisotopic (exact) mass is 266 g/mol. The predicted octanol–water partition coefficient (Wildman–Crippen LogP) is 2.47. The summed E-state index contributed by atoms with van der Waals surface area (Å²) in [5.74, 6) is -1.12. The molecular formula is C15H22O4. The standard InChI is InChI=1S/C15H22O4/c1-9-4-6-13(11(3)15(18)19)14(8-16)12(9)7-5-10(2)17/h8-9,12-14H,3-7H2,1-2H3,(H,18,19)/t9-,12+,13+,14+/m1/s1. The Labute approximate surface area is 113 Å². The molecule has 1 aliphatic carbocycles. The third-order valence-corrected chi connectivity index (χ3v) is 4.33. The second kappa shape index (κ2) is 6.64. The molecule has 106 valence electrons. The van der Waals surface area contributed by atoms with Gasteiger partial charge in [-0.2, -0.15) is 0 Å². The van der Waals surface area contributed by atoms with E-state index in [2.05, 4.69) is 13.5 Å². The average molecular weight is 266 g/mol. The van der Waals surface area contributed by atoms with Gasteiger partial charge in [0.05, 0.1) is 0 Å². The van der Waals surface area contributed by atoms with Crippen LogP contribution >= 0.6 is 0 Å². The fraction of sp³-hybridized carbons (Fsp3) is 0.667. The minimum Gasteiger partial charge on any atom is -0.478 e. The Bertz CT molecular complexity index is 386. The van der Waals surface area contributed by atoms with Gasteiger partial charge >= 0.3 is 5.97 Å². The predicted molar refractivity (Wildman–Crippen MR) is 71.6 cm³/mol. The first-order valence-electron chi connectivity index (χ1n) is 6.75. The highest BCUT2D eigenvalue weighted by atomic mass is 16.4. The van der Waals surface area contributed by atoms with Crippen molar-refractivity contribution in [2.75, 3.05) is 0 Å². The summed E-state index contributed by atoms with van der Waals surface area (Å²) in [7, 11) is 0. The zero-order valence-corrected chi connectivity index (χ0v) is 11.6. The third kappa shape index (κ3) is 3.75. The Morgan fingerprint density at radius 2 is 2.00 bits per heavy atom. The highest BCUT2D eigenvalue weighted by Crippen LogP contribution is 2.42. The van der Waals surface area contributed by atoms with Crippen LogP contribution in [0.2, 0.25) is 0 Å². The van der Waals surface area contributed by atoms with Gasteiger partial charge in [-0.1, -0.05) is 13.5 Å². The van der Waals surface area contributed by atoms with Crippen molar-refractivity contribution < 1.29 is 19.5 Å². The molecule has 0 aromatic rings. The summed E-state index contributed by atoms with van der Waals surface area (Å²) >= 11 is 0. The third-order valence-electron chi connectivity index (χ3n) is 4.33. The molecule has 4 heteroatoms. The van der Waals surface area contributed by atoms with E-state index in [0.29, 0.717) is 25.2 Å². The fourth-order valence-electron chi connectivity index (χ4n) is 3.13. The molecule has 0 heterocycles. The Balaban J connectivity index is 2.87. The number of aliphatic carboxylic acids is 1. The molecule has 0 spiro atoms. The Morgan fingerprint density at radius 3 is 2.47 bits per heavy atom. The first kappa shape index (κ1) is 15.6. The molecule has 1 aliphatic rings. The minimum absolute atomic E-state index is 0.0799. The van der Waals surface area contributed by atoms with E-state index < -0.39 is 5.97 Å². The van der Waals surface area contributed by atoms with Gasteiger partial charge in [0.15, 0.2) is 0 Å². The zero-order valence-electron chi connectivity index (χ0n) is 11.6. The molecule has 19 heavy (non-hydrogen) atoms. The van der Waals surface area contributed by atoms with Gasteiger partial charge in [-0.3, -0.25) is 0 Å². The van der Waals surface area contributed by atoms with Gasteiger partial charge in [-0.05, 0) is 38.0 Å². The first-order chi connectivity index (χ1) is 8.88. The van der Waals surface area contributed by atoms with Crippen LogP contribution in [0.5, 0.6) is 0 Å². The van der Waals surface area contributed by atoms with Crippen molar-refractivity contribution in [3.8, 4) is 0 Å². The molecule has 0 bridgehead atoms. The lowest BCUT2D eigenvalue weighted by molar-refractivity contribution is -0.134. The van der Waals surface area contributed by atoms with E-state index in [1.165, 1.54) is 6.92 Å². The quantitative estimate of drug-likeness (QED) is 0.592. The van der Waals surface area contributed by atoms with Crippen LogP contribution in [0.3, 0.4) is 0 Å². The Kier molecular flexibility index (Phi) is 5.45. The van der Waals surface area contributed by atoms with E-state index in [1.807, 2.05) is 0 Å². The summed E-state index contributed by atoms with van der Waals surface area (Å²) in [6, 6.07) is 0. The van der Waals surface area contributed by atoms with Crippen LogP contribution < -0.4 is 0 Å². The van der Waals surface area contributed by atoms with Gasteiger partial charge in [0, 0.05) is 23.8 Å². The SMILES string of the molecule is C=C(C(=O)O)[C@@H]1CC[C@@H](C)[C@H](CCC(C)=O)[C@@H]1C=O. The molecule has 1 saturated carbocycles. The molecule has 0 aromatic heterocycles. The number of carboxylic acids is 1. The second-order valence-corrected chi connectivity index (χ2v) is 5.61. The maximum atomic E-state index is 11.4. The fourth-order valence-corrected chi connectivity index (χ4v) is 3.13. The molecule has 4 nitrogen and oxygen atoms in total. The number of rotatable bonds is 6. The average Bonchev–Trinajstić information content (AvgIpc) is 2.35. The number of carbonyl (C=O) groups excluding carboxylic acids is 2. The molecule has 0 radical (unpaired) electrons. The van der Waals surface area contributed by atoms with Crippen molar-refractivity contribution in [3.63, 3.8) is 0 Å². The molecule has 1 N–H and O–H groups in total. The van der Waals surface area contributed by atoms with Crippen LogP contribution in [0.25, 0.3) is 0 Å². The molecule has 0 saturated heterocycles. The van der Waals surface area contributed by atoms with Crippen molar-refractivity contribution in [2.24, 2.45) is 23.7 Å². The second-order valence-electron chi connectivity index (χ2n) is 5.61. The van der Waals surface area contributed by atoms with E-state index in [9.17, 15) is 14.4 Å². The number of ketones is 1. The van der Waals surface area contributed by atoms with Crippen molar-refractivity contribution in [3.05, 3.63) is 12.2 Å². The van der Waals surface area contributed by atoms with Gasteiger partial charge in [0.2, 0.25) is 0 Å². The summed E-state index contributed by atoms with van der Waals surface area (Å²) in [4.78, 5) is 33.5. The van der Waals surface area contributed by atoms with Gasteiger partial charge in [0.1, 0.15) is 12.1 Å². The number of Topliss-reactive ketones (excluding diaryl/α,β-unsaturated/α-hetero) is 1.